The van der Waals surface area contributed by atoms with Crippen LogP contribution in [-0.4, -0.2) is 45.8 Å². The first kappa shape index (κ1) is 19.4. The van der Waals surface area contributed by atoms with Gasteiger partial charge in [-0.2, -0.15) is 0 Å². The maximum absolute atomic E-state index is 11.4. The summed E-state index contributed by atoms with van der Waals surface area (Å²) < 4.78 is 9.99. The summed E-state index contributed by atoms with van der Waals surface area (Å²) in [7, 11) is 3.14. The third-order valence-electron chi connectivity index (χ3n) is 2.39. The number of benzene rings is 1. The number of nitrogens with one attached hydrogen (secondary N) is 2. The van der Waals surface area contributed by atoms with Crippen LogP contribution in [0.3, 0.4) is 0 Å². The number of halogens is 1. The molecule has 0 fully saturated rings. The number of rotatable bonds is 7. The minimum absolute atomic E-state index is 0. The number of hydrogen-bond acceptors (Lipinski definition) is 4. The summed E-state index contributed by atoms with van der Waals surface area (Å²) in [6.45, 7) is 0.868. The Hall–Kier alpha value is -1.55. The van der Waals surface area contributed by atoms with Crippen molar-refractivity contribution in [1.82, 2.24) is 5.32 Å². The average Bonchev–Trinajstić information content (AvgIpc) is 2.46. The second-order valence-electron chi connectivity index (χ2n) is 3.87. The number of aliphatic imine (C=N–C) groups is 1. The molecule has 0 spiro atoms. The van der Waals surface area contributed by atoms with Crippen molar-refractivity contribution in [2.45, 2.75) is 0 Å². The fourth-order valence-corrected chi connectivity index (χ4v) is 1.43. The number of nitrogens with two attached hydrogens (primary N) is 1. The monoisotopic (exact) mass is 408 g/mol. The van der Waals surface area contributed by atoms with Crippen molar-refractivity contribution in [2.75, 3.05) is 39.2 Å². The van der Waals surface area contributed by atoms with Crippen molar-refractivity contribution in [1.29, 1.82) is 0 Å². The first-order chi connectivity index (χ1) is 9.67. The Morgan fingerprint density at radius 3 is 2.71 bits per heavy atom. The molecule has 0 heterocycles. The lowest BCUT2D eigenvalue weighted by molar-refractivity contribution is -0.119. The van der Waals surface area contributed by atoms with Gasteiger partial charge in [0.15, 0.2) is 5.96 Å². The average molecular weight is 408 g/mol. The zero-order valence-corrected chi connectivity index (χ0v) is 14.4. The Morgan fingerprint density at radius 2 is 2.05 bits per heavy atom. The highest BCUT2D eigenvalue weighted by Crippen LogP contribution is 2.22. The number of hydrogen-bond donors (Lipinski definition) is 3. The number of amides is 1. The number of guanidine groups is 1. The molecule has 1 amide bonds. The van der Waals surface area contributed by atoms with E-state index in [0.29, 0.717) is 24.6 Å². The summed E-state index contributed by atoms with van der Waals surface area (Å²) in [5.74, 6) is 0.582. The van der Waals surface area contributed by atoms with Gasteiger partial charge in [0.2, 0.25) is 5.91 Å². The second kappa shape index (κ2) is 11.1. The third-order valence-corrected chi connectivity index (χ3v) is 2.39. The smallest absolute Gasteiger partial charge is 0.241 e. The minimum atomic E-state index is -0.216. The summed E-state index contributed by atoms with van der Waals surface area (Å²) in [5, 5.41) is 5.53. The van der Waals surface area contributed by atoms with Crippen LogP contribution in [0, 0.1) is 0 Å². The molecule has 0 aliphatic rings. The first-order valence-electron chi connectivity index (χ1n) is 6.13. The summed E-state index contributed by atoms with van der Waals surface area (Å²) in [6, 6.07) is 7.29. The molecule has 7 nitrogen and oxygen atoms in total. The van der Waals surface area contributed by atoms with E-state index in [1.54, 1.807) is 26.4 Å². The highest BCUT2D eigenvalue weighted by molar-refractivity contribution is 14.0. The molecule has 1 aromatic rings. The Kier molecular flexibility index (Phi) is 10.3. The van der Waals surface area contributed by atoms with E-state index in [4.69, 9.17) is 15.2 Å². The third kappa shape index (κ3) is 7.71. The van der Waals surface area contributed by atoms with Crippen molar-refractivity contribution in [3.05, 3.63) is 24.3 Å². The maximum Gasteiger partial charge on any atom is 0.241 e. The van der Waals surface area contributed by atoms with Crippen LogP contribution in [0.1, 0.15) is 0 Å². The highest BCUT2D eigenvalue weighted by Gasteiger charge is 2.03. The van der Waals surface area contributed by atoms with E-state index in [2.05, 4.69) is 15.6 Å². The lowest BCUT2D eigenvalue weighted by atomic mass is 10.3. The largest absolute Gasteiger partial charge is 0.495 e. The van der Waals surface area contributed by atoms with Gasteiger partial charge in [-0.05, 0) is 12.1 Å². The zero-order chi connectivity index (χ0) is 14.8. The van der Waals surface area contributed by atoms with Gasteiger partial charge >= 0.3 is 0 Å². The normalized spacial score (nSPS) is 10.5. The van der Waals surface area contributed by atoms with Gasteiger partial charge in [-0.15, -0.1) is 24.0 Å². The predicted octanol–water partition coefficient (Wildman–Crippen LogP) is 0.802. The van der Waals surface area contributed by atoms with Crippen molar-refractivity contribution in [3.8, 4) is 5.75 Å². The van der Waals surface area contributed by atoms with Gasteiger partial charge in [0.25, 0.3) is 0 Å². The minimum Gasteiger partial charge on any atom is -0.495 e. The van der Waals surface area contributed by atoms with E-state index in [-0.39, 0.29) is 42.4 Å². The molecule has 0 saturated carbocycles. The zero-order valence-electron chi connectivity index (χ0n) is 12.1. The van der Waals surface area contributed by atoms with Crippen molar-refractivity contribution < 1.29 is 14.3 Å². The lowest BCUT2D eigenvalue weighted by Gasteiger charge is -2.10. The van der Waals surface area contributed by atoms with Crippen LogP contribution >= 0.6 is 24.0 Å². The van der Waals surface area contributed by atoms with E-state index in [1.165, 1.54) is 0 Å². The summed E-state index contributed by atoms with van der Waals surface area (Å²) in [5.41, 5.74) is 6.40. The fourth-order valence-electron chi connectivity index (χ4n) is 1.43. The van der Waals surface area contributed by atoms with Gasteiger partial charge in [0.1, 0.15) is 12.3 Å². The molecule has 0 unspecified atom stereocenters. The second-order valence-corrected chi connectivity index (χ2v) is 3.87. The molecular formula is C13H21IN4O3. The van der Waals surface area contributed by atoms with Gasteiger partial charge in [0, 0.05) is 13.7 Å². The first-order valence-corrected chi connectivity index (χ1v) is 6.13. The van der Waals surface area contributed by atoms with Gasteiger partial charge in [0.05, 0.1) is 19.4 Å². The van der Waals surface area contributed by atoms with Crippen LogP contribution in [0.25, 0.3) is 0 Å². The van der Waals surface area contributed by atoms with E-state index >= 15 is 0 Å². The molecule has 0 aliphatic carbocycles. The Balaban J connectivity index is 0.00000400. The van der Waals surface area contributed by atoms with Crippen molar-refractivity contribution in [3.63, 3.8) is 0 Å². The maximum atomic E-state index is 11.4. The number of nitrogens with zero attached hydrogens (tertiary/aromatic N) is 1. The Labute approximate surface area is 141 Å². The topological polar surface area (TPSA) is 98.0 Å². The Bertz CT molecular complexity index is 468. The number of anilines is 1. The SMILES string of the molecule is COCCNC(=O)CN=C(N)Nc1ccccc1OC.I. The summed E-state index contributed by atoms with van der Waals surface area (Å²) in [4.78, 5) is 15.4. The molecule has 0 saturated heterocycles. The number of carbonyl (C=O) groups is 1. The van der Waals surface area contributed by atoms with Crippen LogP contribution in [0.4, 0.5) is 5.69 Å². The number of methoxy groups -OCH3 is 2. The van der Waals surface area contributed by atoms with Crippen molar-refractivity contribution in [2.24, 2.45) is 10.7 Å². The summed E-state index contributed by atoms with van der Waals surface area (Å²) >= 11 is 0. The standard InChI is InChI=1S/C13H20N4O3.HI/c1-19-8-7-15-12(18)9-16-13(14)17-10-5-3-4-6-11(10)20-2;/h3-6H,7-9H2,1-2H3,(H,15,18)(H3,14,16,17);1H. The number of carbonyl (C=O) groups excluding carboxylic acids is 1. The van der Waals surface area contributed by atoms with E-state index in [9.17, 15) is 4.79 Å². The summed E-state index contributed by atoms with van der Waals surface area (Å²) in [6.07, 6.45) is 0. The van der Waals surface area contributed by atoms with Crippen LogP contribution in [-0.2, 0) is 9.53 Å². The van der Waals surface area contributed by atoms with E-state index in [0.717, 1.165) is 0 Å². The predicted molar refractivity (Wildman–Crippen MR) is 93.4 cm³/mol. The molecular weight excluding hydrogens is 387 g/mol. The van der Waals surface area contributed by atoms with Gasteiger partial charge in [-0.25, -0.2) is 4.99 Å². The fraction of sp³-hybridized carbons (Fsp3) is 0.385. The number of ether oxygens (including phenoxy) is 2. The molecule has 0 bridgehead atoms. The molecule has 1 rings (SSSR count). The Morgan fingerprint density at radius 1 is 1.33 bits per heavy atom. The molecule has 21 heavy (non-hydrogen) atoms. The molecule has 8 heteroatoms. The molecule has 118 valence electrons. The van der Waals surface area contributed by atoms with Crippen molar-refractivity contribution >= 4 is 41.5 Å². The van der Waals surface area contributed by atoms with Crippen LogP contribution in [0.2, 0.25) is 0 Å². The quantitative estimate of drug-likeness (QED) is 0.269. The molecule has 0 atom stereocenters. The van der Waals surface area contributed by atoms with E-state index in [1.807, 2.05) is 12.1 Å². The highest BCUT2D eigenvalue weighted by atomic mass is 127. The number of para-hydroxylation sites is 2. The molecule has 4 N–H and O–H groups in total. The van der Waals surface area contributed by atoms with Gasteiger partial charge in [-0.3, -0.25) is 4.79 Å². The van der Waals surface area contributed by atoms with Gasteiger partial charge < -0.3 is 25.8 Å². The van der Waals surface area contributed by atoms with Crippen LogP contribution in [0.15, 0.2) is 29.3 Å². The molecule has 1 aromatic carbocycles. The van der Waals surface area contributed by atoms with E-state index < -0.39 is 0 Å². The van der Waals surface area contributed by atoms with Crippen LogP contribution < -0.4 is 21.1 Å². The lowest BCUT2D eigenvalue weighted by Crippen LogP contribution is -2.31. The molecule has 0 aliphatic heterocycles. The van der Waals surface area contributed by atoms with Gasteiger partial charge in [-0.1, -0.05) is 12.1 Å². The van der Waals surface area contributed by atoms with Crippen LogP contribution in [0.5, 0.6) is 5.75 Å². The molecule has 0 aromatic heterocycles. The molecule has 0 radical (unpaired) electrons.